The number of nitrogens with two attached hydrogens (primary N) is 1. The molecule has 4 aromatic rings. The van der Waals surface area contributed by atoms with Gasteiger partial charge in [0.15, 0.2) is 11.6 Å². The highest BCUT2D eigenvalue weighted by molar-refractivity contribution is 6.09. The Morgan fingerprint density at radius 1 is 0.944 bits per heavy atom. The van der Waals surface area contributed by atoms with Crippen LogP contribution < -0.4 is 11.1 Å². The van der Waals surface area contributed by atoms with Crippen molar-refractivity contribution in [1.29, 1.82) is 0 Å². The summed E-state index contributed by atoms with van der Waals surface area (Å²) in [6.45, 7) is 0. The number of benzene rings is 2. The van der Waals surface area contributed by atoms with E-state index in [9.17, 15) is 19.8 Å². The van der Waals surface area contributed by atoms with Gasteiger partial charge in [-0.2, -0.15) is 0 Å². The number of hydrogen-bond donors (Lipinski definition) is 6. The molecule has 0 radical (unpaired) electrons. The predicted molar refractivity (Wildman–Crippen MR) is 124 cm³/mol. The summed E-state index contributed by atoms with van der Waals surface area (Å²) in [7, 11) is 0. The van der Waals surface area contributed by atoms with Gasteiger partial charge in [-0.15, -0.1) is 10.2 Å². The molecule has 1 aliphatic rings. The van der Waals surface area contributed by atoms with Gasteiger partial charge in [-0.25, -0.2) is 10.2 Å². The molecule has 0 fully saturated rings. The van der Waals surface area contributed by atoms with Gasteiger partial charge in [0.2, 0.25) is 5.91 Å². The molecule has 36 heavy (non-hydrogen) atoms. The molecule has 2 atom stereocenters. The lowest BCUT2D eigenvalue weighted by Gasteiger charge is -2.35. The average Bonchev–Trinajstić information content (AvgIpc) is 3.60. The third-order valence-corrected chi connectivity index (χ3v) is 5.83. The summed E-state index contributed by atoms with van der Waals surface area (Å²) in [5, 5.41) is 51.8. The smallest absolute Gasteiger partial charge is 0.259 e. The third kappa shape index (κ3) is 3.67. The van der Waals surface area contributed by atoms with Gasteiger partial charge in [-0.3, -0.25) is 9.59 Å². The van der Waals surface area contributed by atoms with E-state index in [-0.39, 0.29) is 17.0 Å². The number of hydrogen-bond acceptors (Lipinski definition) is 10. The zero-order valence-electron chi connectivity index (χ0n) is 18.3. The van der Waals surface area contributed by atoms with Gasteiger partial charge in [0.1, 0.15) is 11.2 Å². The molecule has 5 rings (SSSR count). The molecule has 2 unspecified atom stereocenters. The van der Waals surface area contributed by atoms with Crippen molar-refractivity contribution in [2.75, 3.05) is 5.32 Å². The van der Waals surface area contributed by atoms with E-state index < -0.39 is 29.1 Å². The largest absolute Gasteiger partial charge is 0.507 e. The van der Waals surface area contributed by atoms with Crippen LogP contribution in [0.1, 0.15) is 5.56 Å². The topological polar surface area (TPSA) is 222 Å². The summed E-state index contributed by atoms with van der Waals surface area (Å²) in [4.78, 5) is 25.9. The monoisotopic (exact) mass is 486 g/mol. The van der Waals surface area contributed by atoms with Crippen LogP contribution in [0.3, 0.4) is 0 Å². The molecule has 14 heteroatoms. The first-order valence-corrected chi connectivity index (χ1v) is 10.5. The highest BCUT2D eigenvalue weighted by Crippen LogP contribution is 2.41. The summed E-state index contributed by atoms with van der Waals surface area (Å²) >= 11 is 0. The van der Waals surface area contributed by atoms with E-state index in [4.69, 9.17) is 5.73 Å². The van der Waals surface area contributed by atoms with E-state index in [1.807, 2.05) is 0 Å². The molecule has 7 N–H and O–H groups in total. The molecule has 2 aromatic carbocycles. The first-order valence-electron chi connectivity index (χ1n) is 10.5. The lowest BCUT2D eigenvalue weighted by molar-refractivity contribution is -0.125. The van der Waals surface area contributed by atoms with Gasteiger partial charge < -0.3 is 21.3 Å². The van der Waals surface area contributed by atoms with Crippen LogP contribution in [0, 0.1) is 0 Å². The van der Waals surface area contributed by atoms with Crippen LogP contribution >= 0.6 is 0 Å². The Kier molecular flexibility index (Phi) is 5.54. The Labute approximate surface area is 201 Å². The van der Waals surface area contributed by atoms with E-state index in [0.717, 1.165) is 12.2 Å². The lowest BCUT2D eigenvalue weighted by atomic mass is 9.69. The number of aromatic nitrogens is 8. The normalized spacial score (nSPS) is 19.3. The van der Waals surface area contributed by atoms with Crippen molar-refractivity contribution < 1.29 is 19.8 Å². The van der Waals surface area contributed by atoms with Crippen molar-refractivity contribution in [1.82, 2.24) is 41.2 Å². The third-order valence-electron chi connectivity index (χ3n) is 5.83. The fourth-order valence-corrected chi connectivity index (χ4v) is 4.12. The fraction of sp³-hybridized carbons (Fsp3) is 0.0909. The van der Waals surface area contributed by atoms with E-state index in [1.165, 1.54) is 0 Å². The van der Waals surface area contributed by atoms with Crippen LogP contribution in [0.4, 0.5) is 5.69 Å². The average molecular weight is 486 g/mol. The molecule has 2 heterocycles. The van der Waals surface area contributed by atoms with Crippen LogP contribution in [0.25, 0.3) is 22.8 Å². The standard InChI is InChI=1S/C22H18N10O4/c23-21(36)22(14-7-3-1-5-11(14)18-25-29-30-26-18)10-16(33)13(9-17(22)34)20(35)24-15-8-4-2-6-12(15)19-27-31-32-28-19/h1-10,17,33-34H,(H2,23,36)(H,24,35)(H,25,26,29,30)(H,27,28,31,32). The molecule has 2 aromatic heterocycles. The number of carbonyl (C=O) groups is 2. The van der Waals surface area contributed by atoms with Gasteiger partial charge in [0.25, 0.3) is 5.91 Å². The number of aliphatic hydroxyl groups is 2. The lowest BCUT2D eigenvalue weighted by Crippen LogP contribution is -2.50. The quantitative estimate of drug-likeness (QED) is 0.216. The van der Waals surface area contributed by atoms with Crippen LogP contribution in [-0.2, 0) is 15.0 Å². The Balaban J connectivity index is 1.52. The number of aliphatic hydroxyl groups excluding tert-OH is 2. The van der Waals surface area contributed by atoms with Gasteiger partial charge in [-0.1, -0.05) is 36.4 Å². The number of tetrazole rings is 2. The number of rotatable bonds is 6. The van der Waals surface area contributed by atoms with Gasteiger partial charge in [0, 0.05) is 11.1 Å². The highest BCUT2D eigenvalue weighted by atomic mass is 16.3. The Bertz CT molecular complexity index is 1500. The van der Waals surface area contributed by atoms with Crippen molar-refractivity contribution in [3.05, 3.63) is 77.6 Å². The molecule has 0 saturated heterocycles. The minimum atomic E-state index is -1.92. The molecular weight excluding hydrogens is 468 g/mol. The second kappa shape index (κ2) is 8.84. The summed E-state index contributed by atoms with van der Waals surface area (Å²) in [6.07, 6.45) is 0.519. The van der Waals surface area contributed by atoms with Crippen LogP contribution in [0.5, 0.6) is 0 Å². The van der Waals surface area contributed by atoms with E-state index in [0.29, 0.717) is 22.6 Å². The van der Waals surface area contributed by atoms with Gasteiger partial charge in [0.05, 0.1) is 17.4 Å². The van der Waals surface area contributed by atoms with Gasteiger partial charge >= 0.3 is 0 Å². The number of aromatic amines is 2. The molecule has 0 saturated carbocycles. The van der Waals surface area contributed by atoms with E-state index in [1.54, 1.807) is 48.5 Å². The SMILES string of the molecule is NC(=O)C1(c2ccccc2-c2nnn[nH]2)C=C(O)C(C(=O)Nc2ccccc2-c2nnn[nH]2)=CC1O. The number of H-pyrrole nitrogens is 2. The van der Waals surface area contributed by atoms with Crippen molar-refractivity contribution in [2.24, 2.45) is 5.73 Å². The van der Waals surface area contributed by atoms with E-state index in [2.05, 4.69) is 46.6 Å². The van der Waals surface area contributed by atoms with Crippen molar-refractivity contribution in [2.45, 2.75) is 11.5 Å². The van der Waals surface area contributed by atoms with Crippen LogP contribution in [0.15, 0.2) is 72.0 Å². The fourth-order valence-electron chi connectivity index (χ4n) is 4.12. The molecule has 0 spiro atoms. The second-order valence-electron chi connectivity index (χ2n) is 7.83. The zero-order chi connectivity index (χ0) is 25.3. The van der Waals surface area contributed by atoms with Crippen molar-refractivity contribution in [3.8, 4) is 22.8 Å². The zero-order valence-corrected chi connectivity index (χ0v) is 18.3. The molecular formula is C22H18N10O4. The molecule has 2 amide bonds. The number of primary amides is 1. The second-order valence-corrected chi connectivity index (χ2v) is 7.83. The Morgan fingerprint density at radius 3 is 2.19 bits per heavy atom. The first kappa shape index (κ1) is 22.5. The molecule has 14 nitrogen and oxygen atoms in total. The molecule has 1 aliphatic carbocycles. The number of nitrogens with zero attached hydrogens (tertiary/aromatic N) is 6. The Morgan fingerprint density at radius 2 is 1.56 bits per heavy atom. The number of amides is 2. The number of carbonyl (C=O) groups excluding carboxylic acids is 2. The summed E-state index contributed by atoms with van der Waals surface area (Å²) in [5.74, 6) is -1.72. The van der Waals surface area contributed by atoms with Gasteiger partial charge in [-0.05, 0) is 50.7 Å². The first-order chi connectivity index (χ1) is 17.4. The summed E-state index contributed by atoms with van der Waals surface area (Å²) in [5.41, 5.74) is 5.03. The maximum Gasteiger partial charge on any atom is 0.259 e. The van der Waals surface area contributed by atoms with Crippen LogP contribution in [-0.4, -0.2) is 69.4 Å². The number of para-hydroxylation sites is 1. The minimum absolute atomic E-state index is 0.220. The van der Waals surface area contributed by atoms with Crippen LogP contribution in [0.2, 0.25) is 0 Å². The Hall–Kier alpha value is -5.24. The molecule has 0 aliphatic heterocycles. The molecule has 180 valence electrons. The van der Waals surface area contributed by atoms with Crippen molar-refractivity contribution in [3.63, 3.8) is 0 Å². The highest BCUT2D eigenvalue weighted by Gasteiger charge is 2.48. The summed E-state index contributed by atoms with van der Waals surface area (Å²) < 4.78 is 0. The minimum Gasteiger partial charge on any atom is -0.507 e. The summed E-state index contributed by atoms with van der Waals surface area (Å²) in [6, 6.07) is 13.2. The van der Waals surface area contributed by atoms with Crippen molar-refractivity contribution >= 4 is 17.5 Å². The predicted octanol–water partition coefficient (Wildman–Crippen LogP) is 0.151. The maximum atomic E-state index is 13.1. The number of anilines is 1. The number of nitrogens with one attached hydrogen (secondary N) is 3. The maximum absolute atomic E-state index is 13.1. The molecule has 0 bridgehead atoms. The van der Waals surface area contributed by atoms with E-state index >= 15 is 0 Å².